The normalized spacial score (nSPS) is 19.9. The van der Waals surface area contributed by atoms with E-state index in [9.17, 15) is 9.90 Å². The Kier molecular flexibility index (Phi) is 4.24. The van der Waals surface area contributed by atoms with Gasteiger partial charge in [0.05, 0.1) is 20.3 Å². The van der Waals surface area contributed by atoms with Gasteiger partial charge in [-0.15, -0.1) is 0 Å². The number of nitrogens with zero attached hydrogens (tertiary/aromatic N) is 1. The summed E-state index contributed by atoms with van der Waals surface area (Å²) in [7, 11) is 3.09. The molecule has 0 saturated heterocycles. The van der Waals surface area contributed by atoms with E-state index in [0.717, 1.165) is 0 Å². The summed E-state index contributed by atoms with van der Waals surface area (Å²) in [5.74, 6) is 0.608. The number of ether oxygens (including phenoxy) is 2. The third-order valence-corrected chi connectivity index (χ3v) is 3.43. The lowest BCUT2D eigenvalue weighted by molar-refractivity contribution is -0.122. The Morgan fingerprint density at radius 1 is 1.35 bits per heavy atom. The highest BCUT2D eigenvalue weighted by Gasteiger charge is 2.29. The van der Waals surface area contributed by atoms with Gasteiger partial charge in [-0.25, -0.2) is 5.43 Å². The lowest BCUT2D eigenvalue weighted by Gasteiger charge is -2.26. The second-order valence-electron chi connectivity index (χ2n) is 4.66. The first-order chi connectivity index (χ1) is 9.56. The van der Waals surface area contributed by atoms with E-state index in [1.165, 1.54) is 7.11 Å². The van der Waals surface area contributed by atoms with Gasteiger partial charge in [-0.1, -0.05) is 6.07 Å². The van der Waals surface area contributed by atoms with Crippen molar-refractivity contribution in [2.75, 3.05) is 14.2 Å². The van der Waals surface area contributed by atoms with Crippen LogP contribution in [0.4, 0.5) is 0 Å². The summed E-state index contributed by atoms with van der Waals surface area (Å²) in [5, 5.41) is 14.4. The van der Waals surface area contributed by atoms with Gasteiger partial charge in [0.2, 0.25) is 5.91 Å². The van der Waals surface area contributed by atoms with Crippen LogP contribution < -0.4 is 14.9 Å². The molecule has 0 radical (unpaired) electrons. The molecule has 108 valence electrons. The predicted molar refractivity (Wildman–Crippen MR) is 73.9 cm³/mol. The zero-order valence-corrected chi connectivity index (χ0v) is 11.7. The Morgan fingerprint density at radius 2 is 2.05 bits per heavy atom. The van der Waals surface area contributed by atoms with Crippen molar-refractivity contribution in [3.63, 3.8) is 0 Å². The number of aliphatic hydroxyl groups excluding tert-OH is 1. The standard InChI is InChI=1S/C14H18N2O4/c1-8-10(7-13(17)16-15-8)14(18)9-4-5-11(19-2)12(6-9)20-3/h4-6,10,14,18H,7H2,1-3H3,(H,16,17)/t10-,14+/m0/s1. The lowest BCUT2D eigenvalue weighted by atomic mass is 9.88. The number of amides is 1. The van der Waals surface area contributed by atoms with Gasteiger partial charge in [-0.3, -0.25) is 4.79 Å². The van der Waals surface area contributed by atoms with E-state index in [1.54, 1.807) is 32.2 Å². The van der Waals surface area contributed by atoms with Gasteiger partial charge in [0, 0.05) is 18.1 Å². The molecule has 6 nitrogen and oxygen atoms in total. The molecule has 20 heavy (non-hydrogen) atoms. The van der Waals surface area contributed by atoms with Crippen molar-refractivity contribution in [3.05, 3.63) is 23.8 Å². The minimum absolute atomic E-state index is 0.194. The highest BCUT2D eigenvalue weighted by molar-refractivity contribution is 5.93. The molecule has 1 aliphatic heterocycles. The van der Waals surface area contributed by atoms with Crippen LogP contribution in [0.5, 0.6) is 11.5 Å². The molecule has 1 heterocycles. The number of rotatable bonds is 4. The fourth-order valence-electron chi connectivity index (χ4n) is 2.24. The van der Waals surface area contributed by atoms with Gasteiger partial charge < -0.3 is 14.6 Å². The number of hydrogen-bond acceptors (Lipinski definition) is 5. The average molecular weight is 278 g/mol. The maximum atomic E-state index is 11.4. The first kappa shape index (κ1) is 14.3. The van der Waals surface area contributed by atoms with Gasteiger partial charge >= 0.3 is 0 Å². The van der Waals surface area contributed by atoms with Crippen LogP contribution in [0, 0.1) is 5.92 Å². The molecule has 0 bridgehead atoms. The van der Waals surface area contributed by atoms with Gasteiger partial charge in [-0.2, -0.15) is 5.10 Å². The van der Waals surface area contributed by atoms with Crippen LogP contribution in [-0.4, -0.2) is 30.9 Å². The summed E-state index contributed by atoms with van der Waals surface area (Å²) in [6.45, 7) is 1.79. The maximum Gasteiger partial charge on any atom is 0.240 e. The average Bonchev–Trinajstić information content (AvgIpc) is 2.48. The number of carbonyl (C=O) groups is 1. The van der Waals surface area contributed by atoms with Crippen molar-refractivity contribution >= 4 is 11.6 Å². The SMILES string of the molecule is COc1ccc([C@@H](O)[C@H]2CC(=O)NN=C2C)cc1OC. The highest BCUT2D eigenvalue weighted by atomic mass is 16.5. The molecule has 2 N–H and O–H groups in total. The first-order valence-electron chi connectivity index (χ1n) is 6.29. The zero-order chi connectivity index (χ0) is 14.7. The molecule has 0 aliphatic carbocycles. The number of methoxy groups -OCH3 is 2. The van der Waals surface area contributed by atoms with Crippen molar-refractivity contribution in [2.45, 2.75) is 19.4 Å². The molecule has 2 rings (SSSR count). The van der Waals surface area contributed by atoms with Crippen LogP contribution >= 0.6 is 0 Å². The predicted octanol–water partition coefficient (Wildman–Crippen LogP) is 1.25. The van der Waals surface area contributed by atoms with E-state index in [-0.39, 0.29) is 18.2 Å². The fraction of sp³-hybridized carbons (Fsp3) is 0.429. The monoisotopic (exact) mass is 278 g/mol. The van der Waals surface area contributed by atoms with Crippen LogP contribution in [-0.2, 0) is 4.79 Å². The summed E-state index contributed by atoms with van der Waals surface area (Å²) >= 11 is 0. The molecule has 1 amide bonds. The second-order valence-corrected chi connectivity index (χ2v) is 4.66. The zero-order valence-electron chi connectivity index (χ0n) is 11.7. The maximum absolute atomic E-state index is 11.4. The summed E-state index contributed by atoms with van der Waals surface area (Å²) in [5.41, 5.74) is 3.77. The van der Waals surface area contributed by atoms with E-state index in [0.29, 0.717) is 22.8 Å². The number of nitrogens with one attached hydrogen (secondary N) is 1. The fourth-order valence-corrected chi connectivity index (χ4v) is 2.24. The molecule has 0 saturated carbocycles. The molecular weight excluding hydrogens is 260 g/mol. The number of carbonyl (C=O) groups excluding carboxylic acids is 1. The summed E-state index contributed by atoms with van der Waals surface area (Å²) in [6.07, 6.45) is -0.602. The number of hydrogen-bond donors (Lipinski definition) is 2. The van der Waals surface area contributed by atoms with Gasteiger partial charge in [0.1, 0.15) is 0 Å². The van der Waals surface area contributed by atoms with Crippen molar-refractivity contribution in [3.8, 4) is 11.5 Å². The number of benzene rings is 1. The molecule has 1 aromatic carbocycles. The summed E-state index contributed by atoms with van der Waals surface area (Å²) < 4.78 is 10.4. The van der Waals surface area contributed by atoms with Crippen molar-refractivity contribution < 1.29 is 19.4 Å². The van der Waals surface area contributed by atoms with Gasteiger partial charge in [0.15, 0.2) is 11.5 Å². The lowest BCUT2D eigenvalue weighted by Crippen LogP contribution is -2.34. The van der Waals surface area contributed by atoms with E-state index < -0.39 is 6.10 Å². The Bertz CT molecular complexity index is 542. The van der Waals surface area contributed by atoms with Gasteiger partial charge in [-0.05, 0) is 24.6 Å². The Labute approximate surface area is 117 Å². The van der Waals surface area contributed by atoms with Crippen LogP contribution in [0.1, 0.15) is 25.0 Å². The Balaban J connectivity index is 2.29. The molecule has 1 aliphatic rings. The molecule has 0 unspecified atom stereocenters. The third-order valence-electron chi connectivity index (χ3n) is 3.43. The molecule has 1 aromatic rings. The first-order valence-corrected chi connectivity index (χ1v) is 6.29. The largest absolute Gasteiger partial charge is 0.493 e. The summed E-state index contributed by atoms with van der Waals surface area (Å²) in [6, 6.07) is 5.20. The molecule has 0 fully saturated rings. The minimum atomic E-state index is -0.815. The summed E-state index contributed by atoms with van der Waals surface area (Å²) in [4.78, 5) is 11.4. The molecule has 6 heteroatoms. The van der Waals surface area contributed by atoms with E-state index in [4.69, 9.17) is 9.47 Å². The van der Waals surface area contributed by atoms with Crippen LogP contribution in [0.2, 0.25) is 0 Å². The van der Waals surface area contributed by atoms with Crippen molar-refractivity contribution in [1.82, 2.24) is 5.43 Å². The van der Waals surface area contributed by atoms with E-state index >= 15 is 0 Å². The Hall–Kier alpha value is -2.08. The smallest absolute Gasteiger partial charge is 0.240 e. The molecule has 2 atom stereocenters. The van der Waals surface area contributed by atoms with Crippen molar-refractivity contribution in [1.29, 1.82) is 0 Å². The van der Waals surface area contributed by atoms with E-state index in [2.05, 4.69) is 10.5 Å². The molecule has 0 aromatic heterocycles. The quantitative estimate of drug-likeness (QED) is 0.868. The molecule has 0 spiro atoms. The number of aliphatic hydroxyl groups is 1. The second kappa shape index (κ2) is 5.92. The Morgan fingerprint density at radius 3 is 2.70 bits per heavy atom. The topological polar surface area (TPSA) is 80.2 Å². The molecular formula is C14H18N2O4. The minimum Gasteiger partial charge on any atom is -0.493 e. The van der Waals surface area contributed by atoms with Crippen LogP contribution in [0.15, 0.2) is 23.3 Å². The highest BCUT2D eigenvalue weighted by Crippen LogP contribution is 2.34. The van der Waals surface area contributed by atoms with E-state index in [1.807, 2.05) is 0 Å². The van der Waals surface area contributed by atoms with Gasteiger partial charge in [0.25, 0.3) is 0 Å². The van der Waals surface area contributed by atoms with Crippen LogP contribution in [0.25, 0.3) is 0 Å². The number of hydrazone groups is 1. The third kappa shape index (κ3) is 2.75. The van der Waals surface area contributed by atoms with Crippen LogP contribution in [0.3, 0.4) is 0 Å². The van der Waals surface area contributed by atoms with Crippen molar-refractivity contribution in [2.24, 2.45) is 11.0 Å².